The minimum absolute atomic E-state index is 0.0773. The Kier molecular flexibility index (Phi) is 4.32. The number of hydrogen-bond donors (Lipinski definition) is 1. The second kappa shape index (κ2) is 6.25. The number of carbonyl (C=O) groups excluding carboxylic acids is 1. The van der Waals surface area contributed by atoms with Crippen LogP contribution in [0.2, 0.25) is 0 Å². The molecule has 1 saturated heterocycles. The zero-order chi connectivity index (χ0) is 16.4. The Labute approximate surface area is 135 Å². The van der Waals surface area contributed by atoms with Crippen molar-refractivity contribution in [1.82, 2.24) is 9.88 Å². The molecule has 0 unspecified atom stereocenters. The number of aromatic nitrogens is 1. The summed E-state index contributed by atoms with van der Waals surface area (Å²) in [6, 6.07) is 9.26. The predicted octanol–water partition coefficient (Wildman–Crippen LogP) is 1.29. The Morgan fingerprint density at radius 1 is 1.39 bits per heavy atom. The highest BCUT2D eigenvalue weighted by atomic mass is 32.2. The Balaban J connectivity index is 1.62. The number of anilines is 1. The summed E-state index contributed by atoms with van der Waals surface area (Å²) in [5, 5.41) is 3.81. The van der Waals surface area contributed by atoms with Crippen molar-refractivity contribution in [2.75, 3.05) is 30.4 Å². The van der Waals surface area contributed by atoms with Crippen molar-refractivity contribution in [3.8, 4) is 0 Å². The molecule has 122 valence electrons. The molecule has 1 aromatic heterocycles. The van der Waals surface area contributed by atoms with Crippen LogP contribution in [0.25, 0.3) is 10.9 Å². The van der Waals surface area contributed by atoms with E-state index in [1.807, 2.05) is 35.2 Å². The van der Waals surface area contributed by atoms with Crippen LogP contribution in [0.3, 0.4) is 0 Å². The molecule has 0 bridgehead atoms. The van der Waals surface area contributed by atoms with Gasteiger partial charge in [0, 0.05) is 23.3 Å². The third-order valence-corrected chi connectivity index (χ3v) is 5.86. The molecule has 1 aliphatic rings. The van der Waals surface area contributed by atoms with Gasteiger partial charge in [0.15, 0.2) is 9.84 Å². The lowest BCUT2D eigenvalue weighted by atomic mass is 10.2. The van der Waals surface area contributed by atoms with Gasteiger partial charge in [-0.05, 0) is 37.7 Å². The van der Waals surface area contributed by atoms with E-state index in [1.54, 1.807) is 13.2 Å². The van der Waals surface area contributed by atoms with Crippen LogP contribution in [0.1, 0.15) is 6.42 Å². The molecule has 2 heterocycles. The van der Waals surface area contributed by atoms with Crippen molar-refractivity contribution in [3.05, 3.63) is 36.5 Å². The van der Waals surface area contributed by atoms with Gasteiger partial charge in [-0.3, -0.25) is 14.7 Å². The highest BCUT2D eigenvalue weighted by molar-refractivity contribution is 7.91. The minimum Gasteiger partial charge on any atom is -0.325 e. The molecular weight excluding hydrogens is 314 g/mol. The lowest BCUT2D eigenvalue weighted by Gasteiger charge is -2.22. The van der Waals surface area contributed by atoms with E-state index in [0.29, 0.717) is 12.1 Å². The second-order valence-corrected chi connectivity index (χ2v) is 8.16. The first-order valence-corrected chi connectivity index (χ1v) is 9.30. The van der Waals surface area contributed by atoms with E-state index in [9.17, 15) is 13.2 Å². The summed E-state index contributed by atoms with van der Waals surface area (Å²) in [6.45, 7) is 0.172. The summed E-state index contributed by atoms with van der Waals surface area (Å²) in [7, 11) is -1.15. The molecule has 7 heteroatoms. The van der Waals surface area contributed by atoms with E-state index in [2.05, 4.69) is 10.3 Å². The van der Waals surface area contributed by atoms with E-state index >= 15 is 0 Å². The molecular formula is C16H19N3O3S. The van der Waals surface area contributed by atoms with Gasteiger partial charge in [-0.2, -0.15) is 0 Å². The number of pyridine rings is 1. The van der Waals surface area contributed by atoms with Crippen LogP contribution in [0.5, 0.6) is 0 Å². The number of nitrogens with zero attached hydrogens (tertiary/aromatic N) is 2. The summed E-state index contributed by atoms with van der Waals surface area (Å²) in [6.07, 6.45) is 2.32. The van der Waals surface area contributed by atoms with Crippen LogP contribution in [0.4, 0.5) is 5.69 Å². The highest BCUT2D eigenvalue weighted by Gasteiger charge is 2.31. The molecule has 6 nitrogen and oxygen atoms in total. The maximum Gasteiger partial charge on any atom is 0.238 e. The van der Waals surface area contributed by atoms with Crippen LogP contribution in [0, 0.1) is 0 Å². The maximum atomic E-state index is 12.2. The molecule has 3 rings (SSSR count). The SMILES string of the molecule is CN(CC(=O)Nc1ccc2ncccc2c1)[C@@H]1CCS(=O)(=O)C1. The van der Waals surface area contributed by atoms with Crippen LogP contribution in [-0.2, 0) is 14.6 Å². The number of likely N-dealkylation sites (N-methyl/N-ethyl adjacent to an activating group) is 1. The molecule has 1 amide bonds. The molecule has 1 aromatic carbocycles. The van der Waals surface area contributed by atoms with Gasteiger partial charge < -0.3 is 5.32 Å². The molecule has 0 aliphatic carbocycles. The van der Waals surface area contributed by atoms with Crippen molar-refractivity contribution in [2.24, 2.45) is 0 Å². The summed E-state index contributed by atoms with van der Waals surface area (Å²) in [5.41, 5.74) is 1.58. The topological polar surface area (TPSA) is 79.4 Å². The van der Waals surface area contributed by atoms with Crippen molar-refractivity contribution in [3.63, 3.8) is 0 Å². The van der Waals surface area contributed by atoms with Crippen molar-refractivity contribution >= 4 is 32.3 Å². The average Bonchev–Trinajstić information content (AvgIpc) is 2.87. The van der Waals surface area contributed by atoms with E-state index in [4.69, 9.17) is 0 Å². The lowest BCUT2D eigenvalue weighted by Crippen LogP contribution is -2.38. The van der Waals surface area contributed by atoms with E-state index in [1.165, 1.54) is 0 Å². The van der Waals surface area contributed by atoms with Gasteiger partial charge in [-0.15, -0.1) is 0 Å². The first-order chi connectivity index (χ1) is 10.9. The Morgan fingerprint density at radius 3 is 2.96 bits per heavy atom. The predicted molar refractivity (Wildman–Crippen MR) is 90.1 cm³/mol. The summed E-state index contributed by atoms with van der Waals surface area (Å²) in [4.78, 5) is 18.2. The quantitative estimate of drug-likeness (QED) is 0.912. The van der Waals surface area contributed by atoms with Gasteiger partial charge in [0.1, 0.15) is 0 Å². The number of fused-ring (bicyclic) bond motifs is 1. The first-order valence-electron chi connectivity index (χ1n) is 7.48. The van der Waals surface area contributed by atoms with Crippen molar-refractivity contribution < 1.29 is 13.2 Å². The van der Waals surface area contributed by atoms with Crippen LogP contribution >= 0.6 is 0 Å². The summed E-state index contributed by atoms with van der Waals surface area (Å²) >= 11 is 0. The Hall–Kier alpha value is -1.99. The van der Waals surface area contributed by atoms with Gasteiger partial charge >= 0.3 is 0 Å². The fourth-order valence-corrected chi connectivity index (χ4v) is 4.64. The number of hydrogen-bond acceptors (Lipinski definition) is 5. The monoisotopic (exact) mass is 333 g/mol. The Bertz CT molecular complexity index is 835. The molecule has 0 spiro atoms. The van der Waals surface area contributed by atoms with E-state index in [-0.39, 0.29) is 30.0 Å². The minimum atomic E-state index is -2.94. The number of nitrogens with one attached hydrogen (secondary N) is 1. The molecule has 1 fully saturated rings. The third-order valence-electron chi connectivity index (χ3n) is 4.11. The number of sulfone groups is 1. The largest absolute Gasteiger partial charge is 0.325 e. The normalized spacial score (nSPS) is 20.0. The number of benzene rings is 1. The van der Waals surface area contributed by atoms with E-state index < -0.39 is 9.84 Å². The fourth-order valence-electron chi connectivity index (χ4n) is 2.83. The number of carbonyl (C=O) groups is 1. The van der Waals surface area contributed by atoms with Gasteiger partial charge in [-0.1, -0.05) is 6.07 Å². The summed E-state index contributed by atoms with van der Waals surface area (Å²) in [5.74, 6) is 0.194. The van der Waals surface area contributed by atoms with Crippen molar-refractivity contribution in [1.29, 1.82) is 0 Å². The fraction of sp³-hybridized carbons (Fsp3) is 0.375. The van der Waals surface area contributed by atoms with Crippen LogP contribution < -0.4 is 5.32 Å². The molecule has 0 radical (unpaired) electrons. The molecule has 23 heavy (non-hydrogen) atoms. The molecule has 1 N–H and O–H groups in total. The summed E-state index contributed by atoms with van der Waals surface area (Å²) < 4.78 is 23.0. The zero-order valence-corrected chi connectivity index (χ0v) is 13.7. The molecule has 1 atom stereocenters. The standard InChI is InChI=1S/C16H19N3O3S/c1-19(14-6-8-23(21,22)11-14)10-16(20)18-13-4-5-15-12(9-13)3-2-7-17-15/h2-5,7,9,14H,6,8,10-11H2,1H3,(H,18,20)/t14-/m1/s1. The lowest BCUT2D eigenvalue weighted by molar-refractivity contribution is -0.117. The smallest absolute Gasteiger partial charge is 0.238 e. The van der Waals surface area contributed by atoms with Crippen LogP contribution in [0.15, 0.2) is 36.5 Å². The average molecular weight is 333 g/mol. The van der Waals surface area contributed by atoms with Gasteiger partial charge in [0.25, 0.3) is 0 Å². The Morgan fingerprint density at radius 2 is 2.22 bits per heavy atom. The molecule has 1 aliphatic heterocycles. The van der Waals surface area contributed by atoms with Gasteiger partial charge in [0.2, 0.25) is 5.91 Å². The maximum absolute atomic E-state index is 12.2. The zero-order valence-electron chi connectivity index (χ0n) is 12.9. The molecule has 0 saturated carbocycles. The van der Waals surface area contributed by atoms with Gasteiger partial charge in [-0.25, -0.2) is 8.42 Å². The number of amides is 1. The van der Waals surface area contributed by atoms with E-state index in [0.717, 1.165) is 10.9 Å². The highest BCUT2D eigenvalue weighted by Crippen LogP contribution is 2.18. The third kappa shape index (κ3) is 3.86. The van der Waals surface area contributed by atoms with Crippen molar-refractivity contribution in [2.45, 2.75) is 12.5 Å². The van der Waals surface area contributed by atoms with Gasteiger partial charge in [0.05, 0.1) is 23.6 Å². The second-order valence-electron chi connectivity index (χ2n) is 5.93. The van der Waals surface area contributed by atoms with Crippen LogP contribution in [-0.4, -0.2) is 55.3 Å². The molecule has 2 aromatic rings. The first kappa shape index (κ1) is 15.9. The number of rotatable bonds is 4.